The first-order valence-electron chi connectivity index (χ1n) is 18.3. The van der Waals surface area contributed by atoms with Crippen LogP contribution in [0.25, 0.3) is 20.8 Å². The Hall–Kier alpha value is -5.71. The minimum atomic E-state index is -4.07. The summed E-state index contributed by atoms with van der Waals surface area (Å²) >= 11 is 5.91. The Balaban J connectivity index is 0.000000196. The molecule has 7 rings (SSSR count). The van der Waals surface area contributed by atoms with Gasteiger partial charge in [-0.25, -0.2) is 25.4 Å². The highest BCUT2D eigenvalue weighted by molar-refractivity contribution is 8.00. The van der Waals surface area contributed by atoms with Crippen molar-refractivity contribution in [1.82, 2.24) is 8.61 Å². The fourth-order valence-electron chi connectivity index (χ4n) is 6.24. The lowest BCUT2D eigenvalue weighted by Crippen LogP contribution is -2.33. The average Bonchev–Trinajstić information content (AvgIpc) is 3.79. The summed E-state index contributed by atoms with van der Waals surface area (Å²) < 4.78 is 88.7. The van der Waals surface area contributed by atoms with Crippen molar-refractivity contribution in [2.45, 2.75) is 46.1 Å². The highest BCUT2D eigenvalue weighted by Crippen LogP contribution is 2.38. The predicted octanol–water partition coefficient (Wildman–Crippen LogP) is 8.88. The standard InChI is InChI=1S/C21H20N2O4S.C20H19ClF2N2O4S/c1-2-3-12-23-21(24)19(20(28(23,25)26)15-7-5-4-6-8-15)22-17-9-10-18-16(14-17)11-13-27-18;1-2-3-12-25-19(26)17(24-15-8-10-16(11-9-15)29-20(22)23)18(30(25,27)28)13-4-6-14(21)7-5-13/h4-11,13-14,22H,2-3,12H2,1H3;4-11,20,24H,2-3,12H2,1H3. The van der Waals surface area contributed by atoms with Gasteiger partial charge < -0.3 is 19.8 Å². The number of furan rings is 1. The molecule has 0 fully saturated rings. The third-order valence-electron chi connectivity index (χ3n) is 9.07. The van der Waals surface area contributed by atoms with Crippen LogP contribution in [0.2, 0.25) is 5.02 Å². The molecular formula is C41H39ClF2N4O8S2. The molecule has 2 N–H and O–H groups in total. The molecular weight excluding hydrogens is 814 g/mol. The molecule has 0 bridgehead atoms. The summed E-state index contributed by atoms with van der Waals surface area (Å²) in [6.45, 7) is 1.11. The van der Waals surface area contributed by atoms with Crippen LogP contribution in [0, 0.1) is 0 Å². The van der Waals surface area contributed by atoms with Crippen LogP contribution < -0.4 is 15.4 Å². The highest BCUT2D eigenvalue weighted by Gasteiger charge is 2.45. The number of hydrogen-bond acceptors (Lipinski definition) is 10. The van der Waals surface area contributed by atoms with Crippen LogP contribution in [-0.2, 0) is 29.6 Å². The summed E-state index contributed by atoms with van der Waals surface area (Å²) in [6, 6.07) is 27.4. The molecule has 58 heavy (non-hydrogen) atoms. The number of nitrogens with one attached hydrogen (secondary N) is 2. The Labute approximate surface area is 339 Å². The van der Waals surface area contributed by atoms with Crippen LogP contribution >= 0.6 is 11.6 Å². The monoisotopic (exact) mass is 852 g/mol. The largest absolute Gasteiger partial charge is 0.464 e. The van der Waals surface area contributed by atoms with Gasteiger partial charge in [-0.05, 0) is 84.6 Å². The number of anilines is 2. The highest BCUT2D eigenvalue weighted by atomic mass is 35.5. The van der Waals surface area contributed by atoms with Crippen LogP contribution in [-0.4, -0.2) is 57.0 Å². The van der Waals surface area contributed by atoms with E-state index in [0.29, 0.717) is 46.8 Å². The van der Waals surface area contributed by atoms with Gasteiger partial charge in [0, 0.05) is 34.9 Å². The zero-order valence-corrected chi connectivity index (χ0v) is 33.7. The van der Waals surface area contributed by atoms with Crippen molar-refractivity contribution in [3.63, 3.8) is 0 Å². The summed E-state index contributed by atoms with van der Waals surface area (Å²) in [6.07, 6.45) is 4.22. The van der Waals surface area contributed by atoms with Gasteiger partial charge in [-0.3, -0.25) is 9.59 Å². The lowest BCUT2D eigenvalue weighted by Gasteiger charge is -2.16. The number of rotatable bonds is 14. The zero-order chi connectivity index (χ0) is 41.6. The Morgan fingerprint density at radius 2 is 1.21 bits per heavy atom. The molecule has 304 valence electrons. The summed E-state index contributed by atoms with van der Waals surface area (Å²) in [4.78, 5) is 25.9. The van der Waals surface area contributed by atoms with E-state index in [9.17, 15) is 35.2 Å². The number of alkyl halides is 2. The predicted molar refractivity (Wildman–Crippen MR) is 219 cm³/mol. The first kappa shape index (κ1) is 41.9. The van der Waals surface area contributed by atoms with Crippen molar-refractivity contribution < 1.29 is 44.4 Å². The van der Waals surface area contributed by atoms with Crippen molar-refractivity contribution in [1.29, 1.82) is 0 Å². The van der Waals surface area contributed by atoms with E-state index in [4.69, 9.17) is 16.0 Å². The number of sulfonamides is 2. The molecule has 0 atom stereocenters. The maximum absolute atomic E-state index is 13.2. The van der Waals surface area contributed by atoms with Crippen LogP contribution in [0.5, 0.6) is 5.75 Å². The molecule has 0 aliphatic carbocycles. The number of benzene rings is 4. The first-order chi connectivity index (χ1) is 27.8. The second kappa shape index (κ2) is 17.8. The van der Waals surface area contributed by atoms with E-state index in [-0.39, 0.29) is 40.0 Å². The van der Waals surface area contributed by atoms with Gasteiger partial charge in [0.2, 0.25) is 0 Å². The molecule has 0 spiro atoms. The Morgan fingerprint density at radius 3 is 1.74 bits per heavy atom. The molecule has 0 saturated heterocycles. The maximum Gasteiger partial charge on any atom is 0.387 e. The van der Waals surface area contributed by atoms with Crippen molar-refractivity contribution in [3.05, 3.63) is 137 Å². The number of carbonyl (C=O) groups is 2. The number of amides is 2. The van der Waals surface area contributed by atoms with E-state index in [1.807, 2.05) is 32.0 Å². The number of fused-ring (bicyclic) bond motifs is 1. The van der Waals surface area contributed by atoms with Crippen LogP contribution in [0.1, 0.15) is 50.7 Å². The molecule has 17 heteroatoms. The lowest BCUT2D eigenvalue weighted by molar-refractivity contribution is -0.122. The summed E-state index contributed by atoms with van der Waals surface area (Å²) in [7, 11) is -8.00. The SMILES string of the molecule is CCCCN1C(=O)C(Nc2ccc(OC(F)F)cc2)=C(c2ccc(Cl)cc2)S1(=O)=O.CCCCN1C(=O)C(Nc2ccc3occc3c2)=C(c2ccccc2)S1(=O)=O. The van der Waals surface area contributed by atoms with Crippen LogP contribution in [0.4, 0.5) is 20.2 Å². The fraction of sp³-hybridized carbons (Fsp3) is 0.220. The van der Waals surface area contributed by atoms with Gasteiger partial charge in [0.1, 0.15) is 32.5 Å². The van der Waals surface area contributed by atoms with Crippen LogP contribution in [0.15, 0.2) is 125 Å². The van der Waals surface area contributed by atoms with Gasteiger partial charge in [0.25, 0.3) is 31.9 Å². The molecule has 0 radical (unpaired) electrons. The topological polar surface area (TPSA) is 155 Å². The van der Waals surface area contributed by atoms with Gasteiger partial charge in [-0.1, -0.05) is 80.8 Å². The minimum Gasteiger partial charge on any atom is -0.464 e. The first-order valence-corrected chi connectivity index (χ1v) is 21.5. The molecule has 5 aromatic rings. The third-order valence-corrected chi connectivity index (χ3v) is 13.1. The lowest BCUT2D eigenvalue weighted by atomic mass is 10.1. The van der Waals surface area contributed by atoms with E-state index in [1.165, 1.54) is 48.5 Å². The van der Waals surface area contributed by atoms with Crippen LogP contribution in [0.3, 0.4) is 0 Å². The molecule has 1 aromatic heterocycles. The van der Waals surface area contributed by atoms with Gasteiger partial charge in [0.15, 0.2) is 0 Å². The third kappa shape index (κ3) is 8.88. The number of hydrogen-bond donors (Lipinski definition) is 2. The van der Waals surface area contributed by atoms with E-state index >= 15 is 0 Å². The fourth-order valence-corrected chi connectivity index (χ4v) is 9.82. The number of unbranched alkanes of at least 4 members (excludes halogenated alkanes) is 2. The van der Waals surface area contributed by atoms with Gasteiger partial charge in [-0.15, -0.1) is 0 Å². The molecule has 0 unspecified atom stereocenters. The summed E-state index contributed by atoms with van der Waals surface area (Å²) in [5, 5.41) is 7.17. The Bertz CT molecular complexity index is 2580. The number of nitrogens with zero attached hydrogens (tertiary/aromatic N) is 2. The minimum absolute atomic E-state index is 0.0153. The Kier molecular flexibility index (Phi) is 12.9. The molecule has 4 aromatic carbocycles. The molecule has 0 saturated carbocycles. The number of carbonyl (C=O) groups excluding carboxylic acids is 2. The van der Waals surface area contributed by atoms with Gasteiger partial charge in [-0.2, -0.15) is 8.78 Å². The molecule has 2 aliphatic rings. The van der Waals surface area contributed by atoms with Crippen molar-refractivity contribution in [3.8, 4) is 5.75 Å². The zero-order valence-electron chi connectivity index (χ0n) is 31.3. The molecule has 3 heterocycles. The molecule has 2 amide bonds. The second-order valence-electron chi connectivity index (χ2n) is 13.1. The number of halogens is 3. The quantitative estimate of drug-likeness (QED) is 0.111. The average molecular weight is 853 g/mol. The molecule has 2 aliphatic heterocycles. The summed E-state index contributed by atoms with van der Waals surface area (Å²) in [5.41, 5.74) is 2.45. The van der Waals surface area contributed by atoms with E-state index in [2.05, 4.69) is 15.4 Å². The van der Waals surface area contributed by atoms with E-state index < -0.39 is 38.5 Å². The normalized spacial score (nSPS) is 16.0. The number of ether oxygens (including phenoxy) is 1. The van der Waals surface area contributed by atoms with Gasteiger partial charge >= 0.3 is 6.61 Å². The second-order valence-corrected chi connectivity index (χ2v) is 17.1. The molecule has 12 nitrogen and oxygen atoms in total. The smallest absolute Gasteiger partial charge is 0.387 e. The van der Waals surface area contributed by atoms with Gasteiger partial charge in [0.05, 0.1) is 6.26 Å². The summed E-state index contributed by atoms with van der Waals surface area (Å²) in [5.74, 6) is -1.27. The maximum atomic E-state index is 13.2. The van der Waals surface area contributed by atoms with E-state index in [1.54, 1.807) is 42.7 Å². The Morgan fingerprint density at radius 1 is 0.690 bits per heavy atom. The van der Waals surface area contributed by atoms with Crippen molar-refractivity contribution >= 4 is 75.6 Å². The van der Waals surface area contributed by atoms with Crippen molar-refractivity contribution in [2.24, 2.45) is 0 Å². The van der Waals surface area contributed by atoms with Crippen molar-refractivity contribution in [2.75, 3.05) is 23.7 Å². The van der Waals surface area contributed by atoms with E-state index in [0.717, 1.165) is 26.0 Å².